The van der Waals surface area contributed by atoms with Crippen molar-refractivity contribution in [1.82, 2.24) is 0 Å². The van der Waals surface area contributed by atoms with Gasteiger partial charge in [0.1, 0.15) is 5.75 Å². The molecule has 1 aliphatic heterocycles. The molecule has 0 bridgehead atoms. The lowest BCUT2D eigenvalue weighted by molar-refractivity contribution is 0.222. The average Bonchev–Trinajstić information content (AvgIpc) is 2.66. The number of sulfone groups is 1. The summed E-state index contributed by atoms with van der Waals surface area (Å²) in [6.07, 6.45) is 1.32. The Bertz CT molecular complexity index is 547. The van der Waals surface area contributed by atoms with E-state index in [2.05, 4.69) is 15.9 Å². The minimum absolute atomic E-state index is 0.193. The zero-order valence-electron chi connectivity index (χ0n) is 10.6. The van der Waals surface area contributed by atoms with E-state index in [1.165, 1.54) is 0 Å². The van der Waals surface area contributed by atoms with Gasteiger partial charge in [-0.15, -0.1) is 0 Å². The summed E-state index contributed by atoms with van der Waals surface area (Å²) in [7, 11) is -2.91. The van der Waals surface area contributed by atoms with Gasteiger partial charge in [0.2, 0.25) is 0 Å². The predicted molar refractivity (Wildman–Crippen MR) is 79.0 cm³/mol. The molecule has 2 rings (SSSR count). The van der Waals surface area contributed by atoms with E-state index in [4.69, 9.17) is 10.5 Å². The van der Waals surface area contributed by atoms with Crippen LogP contribution < -0.4 is 10.5 Å². The third-order valence-corrected chi connectivity index (χ3v) is 5.97. The summed E-state index contributed by atoms with van der Waals surface area (Å²) in [6, 6.07) is 7.60. The molecule has 1 atom stereocenters. The first-order valence-electron chi connectivity index (χ1n) is 6.24. The average molecular weight is 348 g/mol. The molecule has 1 saturated heterocycles. The van der Waals surface area contributed by atoms with Crippen LogP contribution in [0.1, 0.15) is 12.8 Å². The maximum Gasteiger partial charge on any atom is 0.150 e. The molecule has 106 valence electrons. The highest BCUT2D eigenvalue weighted by Crippen LogP contribution is 2.34. The van der Waals surface area contributed by atoms with Crippen LogP contribution in [0.3, 0.4) is 0 Å². The van der Waals surface area contributed by atoms with Crippen LogP contribution in [0.5, 0.6) is 5.75 Å². The van der Waals surface area contributed by atoms with Crippen molar-refractivity contribution < 1.29 is 13.2 Å². The maximum atomic E-state index is 11.6. The van der Waals surface area contributed by atoms with Crippen LogP contribution in [-0.2, 0) is 9.84 Å². The second-order valence-electron chi connectivity index (χ2n) is 5.10. The number of rotatable bonds is 5. The minimum atomic E-state index is -2.91. The Morgan fingerprint density at radius 2 is 2.21 bits per heavy atom. The maximum absolute atomic E-state index is 11.6. The molecule has 0 aliphatic carbocycles. The lowest BCUT2D eigenvalue weighted by atomic mass is 9.84. The van der Waals surface area contributed by atoms with Gasteiger partial charge in [0.25, 0.3) is 0 Å². The standard InChI is InChI=1S/C13H18BrNO3S/c14-11-2-1-3-12(8-11)18-6-4-13(9-15)5-7-19(16,17)10-13/h1-3,8H,4-7,9-10,15H2. The molecule has 1 aromatic carbocycles. The Hall–Kier alpha value is -0.590. The van der Waals surface area contributed by atoms with E-state index in [0.29, 0.717) is 26.0 Å². The van der Waals surface area contributed by atoms with Gasteiger partial charge < -0.3 is 10.5 Å². The fraction of sp³-hybridized carbons (Fsp3) is 0.538. The van der Waals surface area contributed by atoms with Crippen molar-refractivity contribution in [3.8, 4) is 5.75 Å². The van der Waals surface area contributed by atoms with Crippen LogP contribution >= 0.6 is 15.9 Å². The smallest absolute Gasteiger partial charge is 0.150 e. The molecule has 0 radical (unpaired) electrons. The summed E-state index contributed by atoms with van der Waals surface area (Å²) in [6.45, 7) is 0.886. The van der Waals surface area contributed by atoms with Gasteiger partial charge in [-0.25, -0.2) is 8.42 Å². The van der Waals surface area contributed by atoms with Crippen LogP contribution in [0.15, 0.2) is 28.7 Å². The number of ether oxygens (including phenoxy) is 1. The Kier molecular flexibility index (Phi) is 4.53. The third kappa shape index (κ3) is 3.94. The second-order valence-corrected chi connectivity index (χ2v) is 8.20. The summed E-state index contributed by atoms with van der Waals surface area (Å²) in [5.41, 5.74) is 5.47. The molecule has 19 heavy (non-hydrogen) atoms. The molecule has 2 N–H and O–H groups in total. The lowest BCUT2D eigenvalue weighted by Gasteiger charge is -2.25. The highest BCUT2D eigenvalue weighted by atomic mass is 79.9. The highest BCUT2D eigenvalue weighted by molar-refractivity contribution is 9.10. The Labute approximate surface area is 122 Å². The van der Waals surface area contributed by atoms with E-state index >= 15 is 0 Å². The van der Waals surface area contributed by atoms with Gasteiger partial charge in [-0.3, -0.25) is 0 Å². The summed E-state index contributed by atoms with van der Waals surface area (Å²) in [4.78, 5) is 0. The van der Waals surface area contributed by atoms with Crippen molar-refractivity contribution in [2.24, 2.45) is 11.1 Å². The molecule has 4 nitrogen and oxygen atoms in total. The SMILES string of the molecule is NCC1(CCOc2cccc(Br)c2)CCS(=O)(=O)C1. The number of halogens is 1. The summed E-state index contributed by atoms with van der Waals surface area (Å²) in [5, 5.41) is 0. The highest BCUT2D eigenvalue weighted by Gasteiger charge is 2.40. The van der Waals surface area contributed by atoms with E-state index in [1.807, 2.05) is 24.3 Å². The summed E-state index contributed by atoms with van der Waals surface area (Å²) in [5.74, 6) is 1.22. The number of hydrogen-bond acceptors (Lipinski definition) is 4. The van der Waals surface area contributed by atoms with E-state index < -0.39 is 9.84 Å². The molecule has 0 amide bonds. The Balaban J connectivity index is 1.91. The summed E-state index contributed by atoms with van der Waals surface area (Å²) >= 11 is 3.38. The Morgan fingerprint density at radius 3 is 2.79 bits per heavy atom. The van der Waals surface area contributed by atoms with Crippen LogP contribution in [0, 0.1) is 5.41 Å². The van der Waals surface area contributed by atoms with E-state index in [-0.39, 0.29) is 16.9 Å². The van der Waals surface area contributed by atoms with Crippen molar-refractivity contribution in [3.05, 3.63) is 28.7 Å². The van der Waals surface area contributed by atoms with Gasteiger partial charge in [0.05, 0.1) is 18.1 Å². The first-order valence-corrected chi connectivity index (χ1v) is 8.85. The van der Waals surface area contributed by atoms with Crippen molar-refractivity contribution in [1.29, 1.82) is 0 Å². The van der Waals surface area contributed by atoms with Crippen LogP contribution in [0.25, 0.3) is 0 Å². The molecule has 6 heteroatoms. The monoisotopic (exact) mass is 347 g/mol. The molecular formula is C13H18BrNO3S. The lowest BCUT2D eigenvalue weighted by Crippen LogP contribution is -2.33. The van der Waals surface area contributed by atoms with Crippen LogP contribution in [0.2, 0.25) is 0 Å². The molecule has 0 spiro atoms. The van der Waals surface area contributed by atoms with E-state index in [9.17, 15) is 8.42 Å². The number of hydrogen-bond donors (Lipinski definition) is 1. The second kappa shape index (κ2) is 5.81. The van der Waals surface area contributed by atoms with Crippen LogP contribution in [-0.4, -0.2) is 33.1 Å². The normalized spacial score (nSPS) is 25.4. The van der Waals surface area contributed by atoms with Gasteiger partial charge in [-0.2, -0.15) is 0 Å². The van der Waals surface area contributed by atoms with Crippen molar-refractivity contribution in [2.75, 3.05) is 24.7 Å². The molecule has 1 heterocycles. The molecule has 0 aromatic heterocycles. The van der Waals surface area contributed by atoms with Crippen LogP contribution in [0.4, 0.5) is 0 Å². The van der Waals surface area contributed by atoms with Gasteiger partial charge in [-0.1, -0.05) is 22.0 Å². The molecule has 1 aliphatic rings. The fourth-order valence-corrected chi connectivity index (χ4v) is 4.99. The van der Waals surface area contributed by atoms with E-state index in [0.717, 1.165) is 10.2 Å². The number of benzene rings is 1. The van der Waals surface area contributed by atoms with Gasteiger partial charge in [-0.05, 0) is 37.6 Å². The largest absolute Gasteiger partial charge is 0.494 e. The third-order valence-electron chi connectivity index (χ3n) is 3.60. The summed E-state index contributed by atoms with van der Waals surface area (Å²) < 4.78 is 29.8. The van der Waals surface area contributed by atoms with Gasteiger partial charge >= 0.3 is 0 Å². The predicted octanol–water partition coefficient (Wildman–Crippen LogP) is 1.98. The molecular weight excluding hydrogens is 330 g/mol. The zero-order valence-corrected chi connectivity index (χ0v) is 13.0. The van der Waals surface area contributed by atoms with Gasteiger partial charge in [0.15, 0.2) is 9.84 Å². The first-order chi connectivity index (χ1) is 8.95. The zero-order chi connectivity index (χ0) is 13.9. The molecule has 0 saturated carbocycles. The molecule has 1 unspecified atom stereocenters. The van der Waals surface area contributed by atoms with Crippen molar-refractivity contribution in [2.45, 2.75) is 12.8 Å². The van der Waals surface area contributed by atoms with Crippen molar-refractivity contribution in [3.63, 3.8) is 0 Å². The minimum Gasteiger partial charge on any atom is -0.494 e. The topological polar surface area (TPSA) is 69.4 Å². The van der Waals surface area contributed by atoms with Gasteiger partial charge in [0, 0.05) is 9.89 Å². The molecule has 1 aromatic rings. The van der Waals surface area contributed by atoms with E-state index in [1.54, 1.807) is 0 Å². The van der Waals surface area contributed by atoms with Crippen molar-refractivity contribution >= 4 is 25.8 Å². The first kappa shape index (κ1) is 14.8. The number of nitrogens with two attached hydrogens (primary N) is 1. The quantitative estimate of drug-likeness (QED) is 0.884. The Morgan fingerprint density at radius 1 is 1.42 bits per heavy atom. The molecule has 1 fully saturated rings. The fourth-order valence-electron chi connectivity index (χ4n) is 2.39.